The fourth-order valence-corrected chi connectivity index (χ4v) is 2.01. The van der Waals surface area contributed by atoms with Crippen molar-refractivity contribution < 1.29 is 0 Å². The van der Waals surface area contributed by atoms with Gasteiger partial charge in [0, 0.05) is 0 Å². The van der Waals surface area contributed by atoms with E-state index in [4.69, 9.17) is 0 Å². The first-order valence-corrected chi connectivity index (χ1v) is 7.81. The molecule has 0 radical (unpaired) electrons. The monoisotopic (exact) mass is 198 g/mol. The summed E-state index contributed by atoms with van der Waals surface area (Å²) in [6, 6.07) is 0. The molecule has 0 bridgehead atoms. The molecule has 0 aromatic carbocycles. The first kappa shape index (κ1) is 8.95. The van der Waals surface area contributed by atoms with Crippen LogP contribution in [0.15, 0.2) is 0 Å². The molecule has 50 valence electrons. The maximum absolute atomic E-state index is 3.35. The Balaban J connectivity index is 3.79. The molecule has 0 amide bonds. The molecule has 0 aliphatic heterocycles. The average molecular weight is 197 g/mol. The van der Waals surface area contributed by atoms with Gasteiger partial charge < -0.3 is 0 Å². The minimum absolute atomic E-state index is 0.537. The molecule has 0 heterocycles. The second-order valence-corrected chi connectivity index (χ2v) is 10.9. The Bertz CT molecular complexity index is 79.7. The van der Waals surface area contributed by atoms with E-state index in [1.54, 1.807) is 0 Å². The molecule has 0 aliphatic rings. The predicted octanol–water partition coefficient (Wildman–Crippen LogP) is 2.15. The van der Waals surface area contributed by atoms with Gasteiger partial charge in [0.2, 0.25) is 0 Å². The van der Waals surface area contributed by atoms with Crippen LogP contribution in [-0.2, 0) is 0 Å². The third kappa shape index (κ3) is 2.48. The van der Waals surface area contributed by atoms with Crippen LogP contribution < -0.4 is 0 Å². The summed E-state index contributed by atoms with van der Waals surface area (Å²) in [5, 5.41) is 0. The molecule has 0 aromatic rings. The van der Waals surface area contributed by atoms with Crippen LogP contribution in [0, 0.1) is 0 Å². The van der Waals surface area contributed by atoms with Crippen molar-refractivity contribution in [2.45, 2.75) is 20.8 Å². The van der Waals surface area contributed by atoms with E-state index in [0.717, 1.165) is 0 Å². The summed E-state index contributed by atoms with van der Waals surface area (Å²) < 4.78 is 0. The van der Waals surface area contributed by atoms with E-state index in [9.17, 15) is 0 Å². The molecule has 0 aromatic heterocycles. The van der Waals surface area contributed by atoms with Crippen molar-refractivity contribution in [3.05, 3.63) is 0 Å². The minimum atomic E-state index is -0.537. The van der Waals surface area contributed by atoms with Gasteiger partial charge in [0.05, 0.1) is 0 Å². The zero-order chi connectivity index (χ0) is 6.62. The Morgan fingerprint density at radius 3 is 1.25 bits per heavy atom. The number of hydrogen-bond acceptors (Lipinski definition) is 0. The first-order chi connectivity index (χ1) is 3.68. The average Bonchev–Trinajstić information content (AvgIpc) is 1.87. The molecule has 0 unspecified atom stereocenters. The van der Waals surface area contributed by atoms with Crippen LogP contribution in [0.25, 0.3) is 0 Å². The second kappa shape index (κ2) is 3.88. The number of hydrogen-bond donors (Lipinski definition) is 0. The summed E-state index contributed by atoms with van der Waals surface area (Å²) in [6.07, 6.45) is 4.12. The molecule has 8 heavy (non-hydrogen) atoms. The molecule has 0 nitrogen and oxygen atoms in total. The third-order valence-electron chi connectivity index (χ3n) is 1.73. The molecule has 0 aliphatic carbocycles. The van der Waals surface area contributed by atoms with Crippen molar-refractivity contribution >= 4 is 20.6 Å². The van der Waals surface area contributed by atoms with Gasteiger partial charge in [0.15, 0.2) is 0 Å². The second-order valence-electron chi connectivity index (χ2n) is 2.01. The van der Waals surface area contributed by atoms with E-state index in [1.807, 2.05) is 0 Å². The summed E-state index contributed by atoms with van der Waals surface area (Å²) in [7, 11) is 0. The van der Waals surface area contributed by atoms with E-state index in [-0.39, 0.29) is 0 Å². The van der Waals surface area contributed by atoms with Gasteiger partial charge in [-0.15, -0.1) is 0 Å². The zero-order valence-corrected chi connectivity index (χ0v) is 8.58. The normalized spacial score (nSPS) is 11.9. The molecule has 2 heteroatoms. The van der Waals surface area contributed by atoms with Crippen LogP contribution in [-0.4, -0.2) is 33.6 Å². The molecule has 0 N–H and O–H groups in total. The molecule has 0 spiro atoms. The zero-order valence-electron chi connectivity index (χ0n) is 5.98. The van der Waals surface area contributed by atoms with Gasteiger partial charge in [-0.25, -0.2) is 0 Å². The van der Waals surface area contributed by atoms with Crippen molar-refractivity contribution in [2.75, 3.05) is 18.5 Å². The molecular weight excluding hydrogens is 182 g/mol. The van der Waals surface area contributed by atoms with Crippen molar-refractivity contribution in [3.8, 4) is 0 Å². The Labute approximate surface area is 60.3 Å². The van der Waals surface area contributed by atoms with Crippen LogP contribution in [0.5, 0.6) is 0 Å². The summed E-state index contributed by atoms with van der Waals surface area (Å²) in [5.74, 6) is 0. The van der Waals surface area contributed by atoms with Crippen LogP contribution in [0.1, 0.15) is 20.8 Å². The van der Waals surface area contributed by atoms with Crippen molar-refractivity contribution in [1.29, 1.82) is 0 Å². The van der Waals surface area contributed by atoms with Gasteiger partial charge in [-0.3, -0.25) is 0 Å². The molecular formula is C6H15PSe. The Hall–Kier alpha value is 0.949. The Morgan fingerprint density at radius 2 is 1.25 bits per heavy atom. The summed E-state index contributed by atoms with van der Waals surface area (Å²) in [6.45, 7) is 6.87. The standard InChI is InChI=1S/C6H15PSe/c1-4-7(8,5-2)6-3/h4-6H2,1-3H3. The van der Waals surface area contributed by atoms with Gasteiger partial charge in [-0.05, 0) is 0 Å². The van der Waals surface area contributed by atoms with Crippen molar-refractivity contribution in [1.82, 2.24) is 0 Å². The fourth-order valence-electron chi connectivity index (χ4n) is 0.671. The Morgan fingerprint density at radius 1 is 1.00 bits per heavy atom. The summed E-state index contributed by atoms with van der Waals surface area (Å²) in [5.41, 5.74) is -0.537. The van der Waals surface area contributed by atoms with Gasteiger partial charge in [0.1, 0.15) is 0 Å². The molecule has 0 atom stereocenters. The summed E-state index contributed by atoms with van der Waals surface area (Å²) >= 11 is 3.35. The first-order valence-electron chi connectivity index (χ1n) is 3.25. The van der Waals surface area contributed by atoms with Crippen molar-refractivity contribution in [2.24, 2.45) is 0 Å². The van der Waals surface area contributed by atoms with Gasteiger partial charge >= 0.3 is 59.9 Å². The van der Waals surface area contributed by atoms with E-state index >= 15 is 0 Å². The van der Waals surface area contributed by atoms with E-state index < -0.39 is 5.51 Å². The molecule has 0 saturated heterocycles. The topological polar surface area (TPSA) is 0 Å². The van der Waals surface area contributed by atoms with Gasteiger partial charge in [-0.2, -0.15) is 0 Å². The van der Waals surface area contributed by atoms with E-state index in [0.29, 0.717) is 0 Å². The maximum atomic E-state index is 3.35. The van der Waals surface area contributed by atoms with Crippen molar-refractivity contribution in [3.63, 3.8) is 0 Å². The molecule has 0 saturated carbocycles. The molecule has 0 fully saturated rings. The summed E-state index contributed by atoms with van der Waals surface area (Å²) in [4.78, 5) is 0. The third-order valence-corrected chi connectivity index (χ3v) is 10.1. The van der Waals surface area contributed by atoms with Crippen LogP contribution in [0.4, 0.5) is 0 Å². The van der Waals surface area contributed by atoms with Gasteiger partial charge in [-0.1, -0.05) is 0 Å². The predicted molar refractivity (Wildman–Crippen MR) is 44.3 cm³/mol. The SMILES string of the molecule is CCP(=[Se])(CC)CC. The molecule has 0 rings (SSSR count). The van der Waals surface area contributed by atoms with Crippen LogP contribution in [0.2, 0.25) is 0 Å². The van der Waals surface area contributed by atoms with E-state index in [2.05, 4.69) is 35.9 Å². The fraction of sp³-hybridized carbons (Fsp3) is 1.00. The number of rotatable bonds is 3. The van der Waals surface area contributed by atoms with Crippen LogP contribution in [0.3, 0.4) is 0 Å². The van der Waals surface area contributed by atoms with Crippen LogP contribution >= 0.6 is 5.51 Å². The quantitative estimate of drug-likeness (QED) is 0.480. The van der Waals surface area contributed by atoms with Gasteiger partial charge in [0.25, 0.3) is 0 Å². The van der Waals surface area contributed by atoms with E-state index in [1.165, 1.54) is 18.5 Å². The Kier molecular flexibility index (Phi) is 4.34.